The van der Waals surface area contributed by atoms with Gasteiger partial charge in [-0.1, -0.05) is 69.7 Å². The molecule has 12 N–H and O–H groups in total. The summed E-state index contributed by atoms with van der Waals surface area (Å²) in [6, 6.07) is 22.7. The highest BCUT2D eigenvalue weighted by molar-refractivity contribution is 5.64. The van der Waals surface area contributed by atoms with Crippen molar-refractivity contribution in [2.24, 2.45) is 16.7 Å². The van der Waals surface area contributed by atoms with E-state index in [-0.39, 0.29) is 154 Å². The Morgan fingerprint density at radius 2 is 0.832 bits per heavy atom. The fraction of sp³-hybridized carbons (Fsp3) is 0.459. The minimum Gasteiger partial charge on any atom is -0.393 e. The molecule has 16 rings (SSSR count). The quantitative estimate of drug-likeness (QED) is 0.0194. The summed E-state index contributed by atoms with van der Waals surface area (Å²) in [6.45, 7) is 15.2. The van der Waals surface area contributed by atoms with Gasteiger partial charge in [-0.3, -0.25) is 19.9 Å². The number of nitrogens with zero attached hydrogens (tertiary/aromatic N) is 19. The molecule has 5 saturated carbocycles. The second kappa shape index (κ2) is 46.1. The van der Waals surface area contributed by atoms with E-state index < -0.39 is 65.1 Å². The maximum absolute atomic E-state index is 14.4. The third-order valence-corrected chi connectivity index (χ3v) is 25.5. The zero-order valence-corrected chi connectivity index (χ0v) is 79.3. The lowest BCUT2D eigenvalue weighted by Gasteiger charge is -2.49. The summed E-state index contributed by atoms with van der Waals surface area (Å²) in [4.78, 5) is 65.0. The predicted octanol–water partition coefficient (Wildman–Crippen LogP) is 17.3. The van der Waals surface area contributed by atoms with Crippen molar-refractivity contribution < 1.29 is 87.0 Å². The number of nitriles is 3. The van der Waals surface area contributed by atoms with Crippen LogP contribution in [-0.2, 0) is 87.8 Å². The van der Waals surface area contributed by atoms with Crippen LogP contribution in [0.25, 0.3) is 11.3 Å². The zero-order valence-electron chi connectivity index (χ0n) is 79.3. The summed E-state index contributed by atoms with van der Waals surface area (Å²) < 4.78 is 187. The molecular weight excluding hydrogens is 1890 g/mol. The SMILES string of the molecule is CC(C)(F)c1ncccc1CNc1ncc(C#N)c(N[C@H]2C[C@@H](O)C2(C)C)n1.CC(F)(F)c1ccncc1CCc1ncc(C(F)(F)F)c(NC2CC(O)C2)n1.CC(F)(F)c1ccncc1CCc1ncc(C(F)(F)F)c(NC2CC(O)C2)n1.Cc1ccc(-c2ncncc2CNc2ncc(C#N)c(C[C@@H]3C[C@@H](O)C3(C)C)n2)cc1.N#Cc1cnc(NCc2cccnc2C(F)(F)F)nc1NC1CCC(O)CC1. The van der Waals surface area contributed by atoms with Crippen LogP contribution in [0, 0.1) is 57.7 Å². The molecule has 1 aromatic carbocycles. The van der Waals surface area contributed by atoms with E-state index in [1.807, 2.05) is 32.0 Å². The molecule has 0 aliphatic heterocycles. The predicted molar refractivity (Wildman–Crippen MR) is 499 cm³/mol. The van der Waals surface area contributed by atoms with Crippen molar-refractivity contribution in [3.63, 3.8) is 0 Å². The Kier molecular flexibility index (Phi) is 34.8. The number of aromatic nitrogens is 16. The molecule has 5 fully saturated rings. The van der Waals surface area contributed by atoms with Gasteiger partial charge in [0.05, 0.1) is 71.8 Å². The fourth-order valence-electron chi connectivity index (χ4n) is 16.4. The lowest BCUT2D eigenvalue weighted by molar-refractivity contribution is -0.142. The van der Waals surface area contributed by atoms with Crippen LogP contribution in [0.3, 0.4) is 0 Å². The first-order valence-electron chi connectivity index (χ1n) is 45.9. The van der Waals surface area contributed by atoms with Crippen LogP contribution in [-0.4, -0.2) is 160 Å². The third kappa shape index (κ3) is 29.0. The molecule has 4 atom stereocenters. The molecule has 5 aliphatic carbocycles. The topological polar surface area (TPSA) is 463 Å². The number of aliphatic hydroxyl groups excluding tert-OH is 5. The van der Waals surface area contributed by atoms with Crippen LogP contribution in [0.1, 0.15) is 221 Å². The number of aliphatic hydroxyl groups is 5. The molecular formula is C98H108F14N26O5. The number of halogens is 14. The van der Waals surface area contributed by atoms with E-state index >= 15 is 0 Å². The highest BCUT2D eigenvalue weighted by atomic mass is 19.4. The average molecular weight is 2000 g/mol. The van der Waals surface area contributed by atoms with Gasteiger partial charge in [-0.05, 0) is 157 Å². The highest BCUT2D eigenvalue weighted by Gasteiger charge is 2.49. The molecule has 10 heterocycles. The van der Waals surface area contributed by atoms with Crippen molar-refractivity contribution in [2.45, 2.75) is 269 Å². The highest BCUT2D eigenvalue weighted by Crippen LogP contribution is 2.49. The van der Waals surface area contributed by atoms with Crippen molar-refractivity contribution in [3.8, 4) is 29.5 Å². The number of benzene rings is 1. The van der Waals surface area contributed by atoms with Crippen molar-refractivity contribution >= 4 is 41.1 Å². The first kappa shape index (κ1) is 108. The summed E-state index contributed by atoms with van der Waals surface area (Å²) >= 11 is 0. The van der Waals surface area contributed by atoms with Crippen LogP contribution in [0.15, 0.2) is 141 Å². The molecule has 31 nitrogen and oxygen atoms in total. The smallest absolute Gasteiger partial charge is 0.393 e. The van der Waals surface area contributed by atoms with E-state index in [9.17, 15) is 103 Å². The summed E-state index contributed by atoms with van der Waals surface area (Å²) in [7, 11) is 0. The fourth-order valence-corrected chi connectivity index (χ4v) is 16.4. The van der Waals surface area contributed by atoms with Gasteiger partial charge in [0.25, 0.3) is 11.8 Å². The Labute approximate surface area is 814 Å². The van der Waals surface area contributed by atoms with Gasteiger partial charge in [-0.25, -0.2) is 71.8 Å². The first-order chi connectivity index (χ1) is 67.4. The zero-order chi connectivity index (χ0) is 104. The van der Waals surface area contributed by atoms with Crippen LogP contribution in [0.5, 0.6) is 0 Å². The number of anilines is 7. The van der Waals surface area contributed by atoms with Gasteiger partial charge >= 0.3 is 18.5 Å². The number of hydrogen-bond donors (Lipinski definition) is 12. The van der Waals surface area contributed by atoms with E-state index in [1.165, 1.54) is 80.9 Å². The van der Waals surface area contributed by atoms with Crippen molar-refractivity contribution in [2.75, 3.05) is 37.2 Å². The molecule has 0 radical (unpaired) electrons. The summed E-state index contributed by atoms with van der Waals surface area (Å²) in [5, 5.41) is 97.1. The molecule has 143 heavy (non-hydrogen) atoms. The van der Waals surface area contributed by atoms with Crippen LogP contribution >= 0.6 is 0 Å². The number of rotatable bonds is 29. The Bertz CT molecular complexity index is 6150. The standard InChI is InChI=1S/C24H26N6O.C20H25FN6O.2C18H19F5N4O.C18H19F3N6O/c1-15-4-6-16(7-5-15)22-18(11-26-14-29-22)13-28-23-27-12-17(10-25)20(30-23)8-19-9-21(31)24(19,2)3;1-19(2)14(8-15(19)28)26-17-13(9-22)11-25-18(27-17)24-10-12-6-5-7-23-16(12)20(3,4)21;2*1-17(19,20)13-4-5-24-8-10(13)2-3-15-25-9-14(18(21,22)23)16(27-15)26-11-6-12(28)7-11;19-18(20,21)15-11(2-1-7-23-15)9-24-17-25-10-12(8-22)16(27-17)26-13-3-5-14(28)6-4-13/h4-7,11-12,14,19,21,31H,8-9,13H2,1-3H3,(H,27,28,30);5-7,11,14-15,28H,8,10H2,1-4H3,(H2,24,25,26,27);2*4-5,8-9,11-12,28H,2-3,6-7H2,1H3,(H,25,26,27);1-2,7,10,13-14,28H,3-6,9H2,(H2,24,25,26,27)/t19-,21-;14-,15+;;;/m10.../s1. The lowest BCUT2D eigenvalue weighted by atomic mass is 9.58. The van der Waals surface area contributed by atoms with Crippen molar-refractivity contribution in [1.82, 2.24) is 79.7 Å². The van der Waals surface area contributed by atoms with Crippen molar-refractivity contribution in [3.05, 3.63) is 242 Å². The Balaban J connectivity index is 0.000000160. The van der Waals surface area contributed by atoms with Gasteiger partial charge < -0.3 is 62.8 Å². The molecule has 0 spiro atoms. The van der Waals surface area contributed by atoms with Gasteiger partial charge in [0, 0.05) is 159 Å². The summed E-state index contributed by atoms with van der Waals surface area (Å²) in [5.41, 5.74) is 2.03. The van der Waals surface area contributed by atoms with Gasteiger partial charge in [0.1, 0.15) is 93.1 Å². The van der Waals surface area contributed by atoms with E-state index in [0.29, 0.717) is 128 Å². The minimum absolute atomic E-state index is 0.00890. The van der Waals surface area contributed by atoms with Crippen molar-refractivity contribution in [1.29, 1.82) is 15.8 Å². The maximum atomic E-state index is 14.4. The first-order valence-corrected chi connectivity index (χ1v) is 45.9. The molecule has 0 unspecified atom stereocenters. The van der Waals surface area contributed by atoms with Gasteiger partial charge in [0.2, 0.25) is 17.8 Å². The number of nitrogens with one attached hydrogen (secondary N) is 7. The average Bonchev–Trinajstić information content (AvgIpc) is 0.766. The van der Waals surface area contributed by atoms with E-state index in [4.69, 9.17) is 0 Å². The van der Waals surface area contributed by atoms with Gasteiger partial charge in [-0.2, -0.15) is 65.3 Å². The molecule has 11 aromatic rings. The Hall–Kier alpha value is -13.8. The van der Waals surface area contributed by atoms with Gasteiger partial charge in [-0.15, -0.1) is 0 Å². The van der Waals surface area contributed by atoms with E-state index in [0.717, 1.165) is 56.1 Å². The number of hydrogen-bond acceptors (Lipinski definition) is 31. The van der Waals surface area contributed by atoms with Crippen LogP contribution in [0.2, 0.25) is 0 Å². The summed E-state index contributed by atoms with van der Waals surface area (Å²) in [5.74, 6) is -4.71. The van der Waals surface area contributed by atoms with Crippen LogP contribution < -0.4 is 37.2 Å². The molecule has 758 valence electrons. The normalized spacial score (nSPS) is 19.9. The molecule has 0 bridgehead atoms. The van der Waals surface area contributed by atoms with Crippen LogP contribution in [0.4, 0.5) is 103 Å². The Morgan fingerprint density at radius 1 is 0.392 bits per heavy atom. The van der Waals surface area contributed by atoms with Gasteiger partial charge in [0.15, 0.2) is 0 Å². The molecule has 5 aliphatic rings. The number of aryl methyl sites for hydroxylation is 5. The second-order valence-corrected chi connectivity index (χ2v) is 37.4. The molecule has 45 heteroatoms. The largest absolute Gasteiger partial charge is 0.433 e. The maximum Gasteiger partial charge on any atom is 0.433 e. The monoisotopic (exact) mass is 1990 g/mol. The number of alkyl halides is 14. The third-order valence-electron chi connectivity index (χ3n) is 25.5. The molecule has 0 amide bonds. The molecule has 10 aromatic heterocycles. The number of pyridine rings is 4. The van der Waals surface area contributed by atoms with E-state index in [1.54, 1.807) is 37.1 Å². The van der Waals surface area contributed by atoms with E-state index in [2.05, 4.69) is 162 Å². The summed E-state index contributed by atoms with van der Waals surface area (Å²) in [6.07, 6.45) is 7.46. The minimum atomic E-state index is -4.63. The Morgan fingerprint density at radius 3 is 1.27 bits per heavy atom. The molecule has 0 saturated heterocycles. The second-order valence-electron chi connectivity index (χ2n) is 37.4. The lowest BCUT2D eigenvalue weighted by Crippen LogP contribution is -2.57.